The summed E-state index contributed by atoms with van der Waals surface area (Å²) in [5.41, 5.74) is 1.59. The fourth-order valence-corrected chi connectivity index (χ4v) is 3.81. The minimum absolute atomic E-state index is 0.0666. The monoisotopic (exact) mass is 346 g/mol. The number of hydrogen-bond acceptors (Lipinski definition) is 4. The molecule has 6 heteroatoms. The maximum absolute atomic E-state index is 12.6. The number of carbonyl (C=O) groups excluding carboxylic acids is 2. The lowest BCUT2D eigenvalue weighted by Gasteiger charge is -2.50. The van der Waals surface area contributed by atoms with Crippen LogP contribution < -0.4 is 5.32 Å². The summed E-state index contributed by atoms with van der Waals surface area (Å²) in [5.74, 6) is 0.342. The van der Waals surface area contributed by atoms with Crippen LogP contribution in [0.5, 0.6) is 0 Å². The van der Waals surface area contributed by atoms with E-state index in [9.17, 15) is 9.59 Å². The Kier molecular flexibility index (Phi) is 5.39. The largest absolute Gasteiger partial charge is 0.375 e. The molecule has 6 nitrogen and oxygen atoms in total. The maximum atomic E-state index is 12.6. The molecule has 0 aromatic heterocycles. The molecule has 0 aliphatic carbocycles. The van der Waals surface area contributed by atoms with Gasteiger partial charge in [0.2, 0.25) is 5.91 Å². The van der Waals surface area contributed by atoms with E-state index in [4.69, 9.17) is 9.47 Å². The Morgan fingerprint density at radius 1 is 1.40 bits per heavy atom. The van der Waals surface area contributed by atoms with E-state index < -0.39 is 0 Å². The van der Waals surface area contributed by atoms with Crippen LogP contribution in [0.15, 0.2) is 24.3 Å². The normalized spacial score (nSPS) is 21.2. The Morgan fingerprint density at radius 3 is 2.92 bits per heavy atom. The first kappa shape index (κ1) is 17.9. The number of likely N-dealkylation sites (tertiary alicyclic amines) is 1. The van der Waals surface area contributed by atoms with Crippen molar-refractivity contribution in [3.8, 4) is 0 Å². The van der Waals surface area contributed by atoms with Gasteiger partial charge in [0.1, 0.15) is 12.2 Å². The number of ether oxygens (including phenoxy) is 2. The molecule has 1 atom stereocenters. The van der Waals surface area contributed by atoms with Gasteiger partial charge in [-0.05, 0) is 37.8 Å². The van der Waals surface area contributed by atoms with Gasteiger partial charge in [-0.1, -0.05) is 17.7 Å². The van der Waals surface area contributed by atoms with Crippen LogP contribution >= 0.6 is 0 Å². The van der Waals surface area contributed by atoms with E-state index >= 15 is 0 Å². The fraction of sp³-hybridized carbons (Fsp3) is 0.579. The van der Waals surface area contributed by atoms with Crippen LogP contribution in [-0.4, -0.2) is 62.3 Å². The number of nitrogens with one attached hydrogen (secondary N) is 1. The molecule has 0 unspecified atom stereocenters. The number of rotatable bonds is 6. The number of benzene rings is 1. The molecule has 3 rings (SSSR count). The second-order valence-corrected chi connectivity index (χ2v) is 7.00. The smallest absolute Gasteiger partial charge is 0.254 e. The highest BCUT2D eigenvalue weighted by atomic mass is 16.5. The van der Waals surface area contributed by atoms with Gasteiger partial charge < -0.3 is 19.7 Å². The van der Waals surface area contributed by atoms with Gasteiger partial charge in [0.15, 0.2) is 0 Å². The van der Waals surface area contributed by atoms with Crippen LogP contribution in [0.3, 0.4) is 0 Å². The minimum atomic E-state index is -0.231. The third-order valence-electron chi connectivity index (χ3n) is 5.16. The van der Waals surface area contributed by atoms with Gasteiger partial charge >= 0.3 is 0 Å². The van der Waals surface area contributed by atoms with Crippen molar-refractivity contribution < 1.29 is 19.1 Å². The summed E-state index contributed by atoms with van der Waals surface area (Å²) in [6, 6.07) is 7.68. The standard InChI is InChI=1S/C19H26N2O4/c1-14-4-3-5-15(10-14)18(23)21-12-19(13-21)16(7-9-25-19)6-8-20-17(22)11-24-2/h3-5,10,16H,6-9,11-13H2,1-2H3,(H,20,22)/t16-/m1/s1. The van der Waals surface area contributed by atoms with Crippen LogP contribution in [0.4, 0.5) is 0 Å². The van der Waals surface area contributed by atoms with Gasteiger partial charge in [-0.25, -0.2) is 0 Å². The van der Waals surface area contributed by atoms with Gasteiger partial charge in [0, 0.05) is 25.8 Å². The summed E-state index contributed by atoms with van der Waals surface area (Å²) in [6.45, 7) is 4.69. The zero-order valence-electron chi connectivity index (χ0n) is 14.9. The molecule has 2 heterocycles. The molecule has 1 aromatic carbocycles. The van der Waals surface area contributed by atoms with Crippen LogP contribution in [-0.2, 0) is 14.3 Å². The number of nitrogens with zero attached hydrogens (tertiary/aromatic N) is 1. The molecule has 0 radical (unpaired) electrons. The van der Waals surface area contributed by atoms with E-state index in [0.29, 0.717) is 25.6 Å². The van der Waals surface area contributed by atoms with Crippen molar-refractivity contribution in [3.63, 3.8) is 0 Å². The Labute approximate surface area is 148 Å². The molecule has 136 valence electrons. The van der Waals surface area contributed by atoms with Crippen molar-refractivity contribution in [1.29, 1.82) is 0 Å². The zero-order chi connectivity index (χ0) is 17.9. The number of aryl methyl sites for hydroxylation is 1. The van der Waals surface area contributed by atoms with Crippen molar-refractivity contribution in [1.82, 2.24) is 10.2 Å². The minimum Gasteiger partial charge on any atom is -0.375 e. The Balaban J connectivity index is 1.52. The number of carbonyl (C=O) groups is 2. The summed E-state index contributed by atoms with van der Waals surface area (Å²) in [7, 11) is 1.51. The first-order valence-corrected chi connectivity index (χ1v) is 8.79. The Morgan fingerprint density at radius 2 is 2.20 bits per heavy atom. The van der Waals surface area contributed by atoms with Crippen LogP contribution in [0, 0.1) is 12.8 Å². The second kappa shape index (κ2) is 7.54. The average molecular weight is 346 g/mol. The predicted octanol–water partition coefficient (Wildman–Crippen LogP) is 1.38. The van der Waals surface area contributed by atoms with Crippen molar-refractivity contribution in [2.24, 2.45) is 5.92 Å². The fourth-order valence-electron chi connectivity index (χ4n) is 3.81. The molecule has 2 aliphatic heterocycles. The first-order chi connectivity index (χ1) is 12.0. The molecule has 2 aliphatic rings. The van der Waals surface area contributed by atoms with Crippen LogP contribution in [0.25, 0.3) is 0 Å². The molecule has 0 saturated carbocycles. The van der Waals surface area contributed by atoms with E-state index in [1.165, 1.54) is 7.11 Å². The highest BCUT2D eigenvalue weighted by Crippen LogP contribution is 2.42. The van der Waals surface area contributed by atoms with E-state index in [-0.39, 0.29) is 24.0 Å². The lowest BCUT2D eigenvalue weighted by atomic mass is 9.78. The highest BCUT2D eigenvalue weighted by molar-refractivity contribution is 5.95. The van der Waals surface area contributed by atoms with Crippen LogP contribution in [0.2, 0.25) is 0 Å². The topological polar surface area (TPSA) is 67.9 Å². The lowest BCUT2D eigenvalue weighted by Crippen LogP contribution is -2.66. The maximum Gasteiger partial charge on any atom is 0.254 e. The highest BCUT2D eigenvalue weighted by Gasteiger charge is 2.54. The summed E-state index contributed by atoms with van der Waals surface area (Å²) >= 11 is 0. The summed E-state index contributed by atoms with van der Waals surface area (Å²) < 4.78 is 10.8. The summed E-state index contributed by atoms with van der Waals surface area (Å²) in [4.78, 5) is 25.9. The molecule has 1 N–H and O–H groups in total. The van der Waals surface area contributed by atoms with Gasteiger partial charge in [0.25, 0.3) is 5.91 Å². The number of hydrogen-bond donors (Lipinski definition) is 1. The molecule has 2 amide bonds. The summed E-state index contributed by atoms with van der Waals surface area (Å²) in [5, 5.41) is 2.86. The lowest BCUT2D eigenvalue weighted by molar-refractivity contribution is -0.126. The van der Waals surface area contributed by atoms with E-state index in [2.05, 4.69) is 5.32 Å². The molecular formula is C19H26N2O4. The average Bonchev–Trinajstić information content (AvgIpc) is 2.97. The molecule has 25 heavy (non-hydrogen) atoms. The van der Waals surface area contributed by atoms with Crippen LogP contribution in [0.1, 0.15) is 28.8 Å². The van der Waals surface area contributed by atoms with Crippen molar-refractivity contribution in [2.45, 2.75) is 25.4 Å². The third kappa shape index (κ3) is 3.85. The molecule has 2 saturated heterocycles. The van der Waals surface area contributed by atoms with Gasteiger partial charge in [0.05, 0.1) is 13.1 Å². The predicted molar refractivity (Wildman–Crippen MR) is 93.4 cm³/mol. The van der Waals surface area contributed by atoms with Gasteiger partial charge in [-0.3, -0.25) is 9.59 Å². The SMILES string of the molecule is COCC(=O)NCC[C@@H]1CCOC12CN(C(=O)c1cccc(C)c1)C2. The van der Waals surface area contributed by atoms with Crippen molar-refractivity contribution in [3.05, 3.63) is 35.4 Å². The quantitative estimate of drug-likeness (QED) is 0.845. The molecule has 2 fully saturated rings. The summed E-state index contributed by atoms with van der Waals surface area (Å²) in [6.07, 6.45) is 1.84. The van der Waals surface area contributed by atoms with E-state index in [1.807, 2.05) is 36.1 Å². The molecular weight excluding hydrogens is 320 g/mol. The van der Waals surface area contributed by atoms with Gasteiger partial charge in [-0.15, -0.1) is 0 Å². The first-order valence-electron chi connectivity index (χ1n) is 8.79. The van der Waals surface area contributed by atoms with Crippen molar-refractivity contribution in [2.75, 3.05) is 40.0 Å². The molecule has 0 bridgehead atoms. The van der Waals surface area contributed by atoms with Crippen molar-refractivity contribution >= 4 is 11.8 Å². The van der Waals surface area contributed by atoms with E-state index in [1.54, 1.807) is 0 Å². The van der Waals surface area contributed by atoms with E-state index in [0.717, 1.165) is 30.6 Å². The molecule has 1 aromatic rings. The Bertz CT molecular complexity index is 640. The third-order valence-corrected chi connectivity index (χ3v) is 5.16. The number of methoxy groups -OCH3 is 1. The second-order valence-electron chi connectivity index (χ2n) is 7.00. The number of amides is 2. The zero-order valence-corrected chi connectivity index (χ0v) is 14.9. The molecule has 1 spiro atoms. The Hall–Kier alpha value is -1.92. The van der Waals surface area contributed by atoms with Gasteiger partial charge in [-0.2, -0.15) is 0 Å².